The fourth-order valence-corrected chi connectivity index (χ4v) is 2.94. The molecule has 2 N–H and O–H groups in total. The first kappa shape index (κ1) is 12.3. The van der Waals surface area contributed by atoms with E-state index in [1.165, 1.54) is 22.5 Å². The highest BCUT2D eigenvalue weighted by Gasteiger charge is 2.26. The van der Waals surface area contributed by atoms with E-state index in [1.54, 1.807) is 12.1 Å². The van der Waals surface area contributed by atoms with E-state index in [4.69, 9.17) is 0 Å². The molecule has 2 aliphatic rings. The monoisotopic (exact) mass is 256 g/mol. The summed E-state index contributed by atoms with van der Waals surface area (Å²) in [5, 5.41) is 12.7. The number of allylic oxidation sites excluding steroid dienone is 1. The Labute approximate surface area is 114 Å². The third-order valence-corrected chi connectivity index (χ3v) is 3.97. The van der Waals surface area contributed by atoms with Crippen molar-refractivity contribution in [3.8, 4) is 5.75 Å². The molecule has 0 atom stereocenters. The molecule has 0 fully saturated rings. The minimum absolute atomic E-state index is 0.331. The van der Waals surface area contributed by atoms with E-state index in [9.17, 15) is 5.11 Å². The average Bonchev–Trinajstić information content (AvgIpc) is 2.74. The summed E-state index contributed by atoms with van der Waals surface area (Å²) in [6.07, 6.45) is 3.13. The van der Waals surface area contributed by atoms with Crippen LogP contribution in [-0.4, -0.2) is 29.6 Å². The third kappa shape index (κ3) is 2.51. The molecule has 0 unspecified atom stereocenters. The summed E-state index contributed by atoms with van der Waals surface area (Å²) in [6.45, 7) is 7.28. The van der Waals surface area contributed by atoms with E-state index < -0.39 is 0 Å². The van der Waals surface area contributed by atoms with Crippen LogP contribution in [0.25, 0.3) is 0 Å². The molecule has 0 bridgehead atoms. The summed E-state index contributed by atoms with van der Waals surface area (Å²) >= 11 is 0. The van der Waals surface area contributed by atoms with Gasteiger partial charge in [0.25, 0.3) is 0 Å². The molecule has 2 heterocycles. The van der Waals surface area contributed by atoms with Gasteiger partial charge in [-0.25, -0.2) is 0 Å². The molecule has 0 aliphatic carbocycles. The van der Waals surface area contributed by atoms with E-state index in [0.717, 1.165) is 38.9 Å². The molecule has 1 aromatic rings. The number of hydrogen-bond acceptors (Lipinski definition) is 3. The first-order valence-electron chi connectivity index (χ1n) is 6.89. The molecule has 0 spiro atoms. The molecule has 0 saturated carbocycles. The molecule has 2 aliphatic heterocycles. The van der Waals surface area contributed by atoms with Crippen LogP contribution >= 0.6 is 0 Å². The molecule has 0 radical (unpaired) electrons. The van der Waals surface area contributed by atoms with Crippen molar-refractivity contribution in [3.05, 3.63) is 53.4 Å². The van der Waals surface area contributed by atoms with E-state index in [0.29, 0.717) is 5.75 Å². The van der Waals surface area contributed by atoms with Crippen molar-refractivity contribution < 1.29 is 5.11 Å². The Morgan fingerprint density at radius 3 is 2.84 bits per heavy atom. The van der Waals surface area contributed by atoms with Gasteiger partial charge in [0.05, 0.1) is 0 Å². The van der Waals surface area contributed by atoms with E-state index in [1.807, 2.05) is 12.1 Å². The Kier molecular flexibility index (Phi) is 3.30. The highest BCUT2D eigenvalue weighted by atomic mass is 16.3. The summed E-state index contributed by atoms with van der Waals surface area (Å²) in [7, 11) is 0. The number of hydrogen-bond donors (Lipinski definition) is 2. The van der Waals surface area contributed by atoms with Crippen LogP contribution in [0.15, 0.2) is 47.8 Å². The van der Waals surface area contributed by atoms with Gasteiger partial charge in [-0.2, -0.15) is 0 Å². The fourth-order valence-electron chi connectivity index (χ4n) is 2.94. The smallest absolute Gasteiger partial charge is 0.115 e. The van der Waals surface area contributed by atoms with Crippen LogP contribution in [0.5, 0.6) is 5.75 Å². The second-order valence-corrected chi connectivity index (χ2v) is 5.29. The molecule has 0 amide bonds. The SMILES string of the molecule is C=C1CC2=C(CCNC2)N1CCc1ccc(O)cc1. The topological polar surface area (TPSA) is 35.5 Å². The van der Waals surface area contributed by atoms with Crippen molar-refractivity contribution in [2.45, 2.75) is 19.3 Å². The maximum atomic E-state index is 9.29. The zero-order chi connectivity index (χ0) is 13.2. The van der Waals surface area contributed by atoms with Crippen molar-refractivity contribution in [2.75, 3.05) is 19.6 Å². The molecule has 19 heavy (non-hydrogen) atoms. The average molecular weight is 256 g/mol. The Hall–Kier alpha value is -1.74. The van der Waals surface area contributed by atoms with Crippen LogP contribution in [0, 0.1) is 0 Å². The summed E-state index contributed by atoms with van der Waals surface area (Å²) in [6, 6.07) is 7.49. The van der Waals surface area contributed by atoms with Gasteiger partial charge in [-0.1, -0.05) is 18.7 Å². The lowest BCUT2D eigenvalue weighted by molar-refractivity contribution is 0.423. The van der Waals surface area contributed by atoms with E-state index in [2.05, 4.69) is 16.8 Å². The minimum Gasteiger partial charge on any atom is -0.508 e. The van der Waals surface area contributed by atoms with E-state index in [-0.39, 0.29) is 0 Å². The number of rotatable bonds is 3. The molecule has 3 rings (SSSR count). The van der Waals surface area contributed by atoms with E-state index >= 15 is 0 Å². The zero-order valence-electron chi connectivity index (χ0n) is 11.2. The van der Waals surface area contributed by atoms with Gasteiger partial charge < -0.3 is 15.3 Å². The van der Waals surface area contributed by atoms with Gasteiger partial charge in [0, 0.05) is 43.9 Å². The summed E-state index contributed by atoms with van der Waals surface area (Å²) < 4.78 is 0. The number of nitrogens with zero attached hydrogens (tertiary/aromatic N) is 1. The van der Waals surface area contributed by atoms with Gasteiger partial charge >= 0.3 is 0 Å². The number of nitrogens with one attached hydrogen (secondary N) is 1. The van der Waals surface area contributed by atoms with Crippen molar-refractivity contribution in [2.24, 2.45) is 0 Å². The number of phenolic OH excluding ortho intramolecular Hbond substituents is 1. The quantitative estimate of drug-likeness (QED) is 0.871. The number of benzene rings is 1. The Morgan fingerprint density at radius 1 is 1.26 bits per heavy atom. The molecule has 3 heteroatoms. The highest BCUT2D eigenvalue weighted by molar-refractivity contribution is 5.33. The molecular formula is C16H20N2O. The highest BCUT2D eigenvalue weighted by Crippen LogP contribution is 2.33. The third-order valence-electron chi connectivity index (χ3n) is 3.97. The van der Waals surface area contributed by atoms with Crippen LogP contribution in [0.3, 0.4) is 0 Å². The Bertz CT molecular complexity index is 516. The first-order valence-corrected chi connectivity index (χ1v) is 6.89. The van der Waals surface area contributed by atoms with Gasteiger partial charge in [0.1, 0.15) is 5.75 Å². The standard InChI is InChI=1S/C16H20N2O/c1-12-10-14-11-17-8-6-16(14)18(12)9-7-13-2-4-15(19)5-3-13/h2-5,17,19H,1,6-11H2. The van der Waals surface area contributed by atoms with Crippen molar-refractivity contribution in [3.63, 3.8) is 0 Å². The fraction of sp³-hybridized carbons (Fsp3) is 0.375. The summed E-state index contributed by atoms with van der Waals surface area (Å²) in [4.78, 5) is 2.39. The second-order valence-electron chi connectivity index (χ2n) is 5.29. The Morgan fingerprint density at radius 2 is 2.05 bits per heavy atom. The maximum absolute atomic E-state index is 9.29. The molecule has 100 valence electrons. The van der Waals surface area contributed by atoms with Gasteiger partial charge in [0.15, 0.2) is 0 Å². The van der Waals surface area contributed by atoms with Crippen molar-refractivity contribution in [1.29, 1.82) is 0 Å². The predicted octanol–water partition coefficient (Wildman–Crippen LogP) is 2.40. The van der Waals surface area contributed by atoms with Crippen LogP contribution in [0.4, 0.5) is 0 Å². The normalized spacial score (nSPS) is 18.9. The van der Waals surface area contributed by atoms with Gasteiger partial charge in [-0.15, -0.1) is 0 Å². The van der Waals surface area contributed by atoms with Crippen LogP contribution in [-0.2, 0) is 6.42 Å². The van der Waals surface area contributed by atoms with Crippen LogP contribution in [0.1, 0.15) is 18.4 Å². The van der Waals surface area contributed by atoms with Crippen molar-refractivity contribution in [1.82, 2.24) is 10.2 Å². The van der Waals surface area contributed by atoms with Gasteiger partial charge in [-0.05, 0) is 29.7 Å². The zero-order valence-corrected chi connectivity index (χ0v) is 11.2. The maximum Gasteiger partial charge on any atom is 0.115 e. The minimum atomic E-state index is 0.331. The van der Waals surface area contributed by atoms with Crippen molar-refractivity contribution >= 4 is 0 Å². The molecule has 0 saturated heterocycles. The lowest BCUT2D eigenvalue weighted by atomic mass is 10.1. The largest absolute Gasteiger partial charge is 0.508 e. The molecular weight excluding hydrogens is 236 g/mol. The second kappa shape index (κ2) is 5.10. The summed E-state index contributed by atoms with van der Waals surface area (Å²) in [5.41, 5.74) is 5.49. The number of phenols is 1. The molecule has 1 aromatic carbocycles. The first-order chi connectivity index (χ1) is 9.24. The molecule has 0 aromatic heterocycles. The summed E-state index contributed by atoms with van der Waals surface area (Å²) in [5.74, 6) is 0.331. The van der Waals surface area contributed by atoms with Gasteiger partial charge in [-0.3, -0.25) is 0 Å². The lowest BCUT2D eigenvalue weighted by Gasteiger charge is -2.26. The Balaban J connectivity index is 1.67. The predicted molar refractivity (Wildman–Crippen MR) is 76.8 cm³/mol. The number of aromatic hydroxyl groups is 1. The lowest BCUT2D eigenvalue weighted by Crippen LogP contribution is -2.28. The van der Waals surface area contributed by atoms with Crippen LogP contribution in [0.2, 0.25) is 0 Å². The molecule has 3 nitrogen and oxygen atoms in total. The van der Waals surface area contributed by atoms with Crippen LogP contribution < -0.4 is 5.32 Å². The van der Waals surface area contributed by atoms with Gasteiger partial charge in [0.2, 0.25) is 0 Å².